The van der Waals surface area contributed by atoms with Gasteiger partial charge in [-0.05, 0) is 31.0 Å². The van der Waals surface area contributed by atoms with Crippen LogP contribution in [0.2, 0.25) is 0 Å². The number of methoxy groups -OCH3 is 1. The van der Waals surface area contributed by atoms with Gasteiger partial charge in [-0.3, -0.25) is 4.79 Å². The molecule has 1 aromatic rings. The van der Waals surface area contributed by atoms with E-state index in [0.717, 1.165) is 16.7 Å². The SMILES string of the molecule is COCC(N)CN(C)C(=O)c1cccc(C)c1C. The minimum Gasteiger partial charge on any atom is -0.383 e. The molecule has 0 aromatic heterocycles. The van der Waals surface area contributed by atoms with Gasteiger partial charge < -0.3 is 15.4 Å². The fraction of sp³-hybridized carbons (Fsp3) is 0.500. The molecule has 0 heterocycles. The number of nitrogens with two attached hydrogens (primary N) is 1. The standard InChI is InChI=1S/C14H22N2O2/c1-10-6-5-7-13(11(10)2)14(17)16(3)8-12(15)9-18-4/h5-7,12H,8-9,15H2,1-4H3. The Morgan fingerprint density at radius 3 is 2.72 bits per heavy atom. The lowest BCUT2D eigenvalue weighted by Crippen LogP contribution is -2.41. The van der Waals surface area contributed by atoms with Gasteiger partial charge in [-0.15, -0.1) is 0 Å². The van der Waals surface area contributed by atoms with Crippen molar-refractivity contribution in [1.29, 1.82) is 0 Å². The van der Waals surface area contributed by atoms with E-state index in [1.165, 1.54) is 0 Å². The van der Waals surface area contributed by atoms with Crippen LogP contribution in [0.25, 0.3) is 0 Å². The molecule has 100 valence electrons. The van der Waals surface area contributed by atoms with E-state index in [4.69, 9.17) is 10.5 Å². The number of benzene rings is 1. The lowest BCUT2D eigenvalue weighted by atomic mass is 10.0. The first kappa shape index (κ1) is 14.7. The third kappa shape index (κ3) is 3.55. The lowest BCUT2D eigenvalue weighted by molar-refractivity contribution is 0.0764. The fourth-order valence-electron chi connectivity index (χ4n) is 1.89. The molecule has 4 nitrogen and oxygen atoms in total. The highest BCUT2D eigenvalue weighted by Crippen LogP contribution is 2.14. The third-order valence-corrected chi connectivity index (χ3v) is 3.07. The molecule has 1 aromatic carbocycles. The molecule has 1 amide bonds. The molecular weight excluding hydrogens is 228 g/mol. The van der Waals surface area contributed by atoms with Crippen molar-refractivity contribution >= 4 is 5.91 Å². The summed E-state index contributed by atoms with van der Waals surface area (Å²) in [5.41, 5.74) is 8.73. The molecule has 0 bridgehead atoms. The van der Waals surface area contributed by atoms with Gasteiger partial charge in [-0.25, -0.2) is 0 Å². The Balaban J connectivity index is 2.77. The van der Waals surface area contributed by atoms with Gasteiger partial charge in [0.25, 0.3) is 5.91 Å². The largest absolute Gasteiger partial charge is 0.383 e. The molecule has 1 atom stereocenters. The highest BCUT2D eigenvalue weighted by Gasteiger charge is 2.16. The number of likely N-dealkylation sites (N-methyl/N-ethyl adjacent to an activating group) is 1. The summed E-state index contributed by atoms with van der Waals surface area (Å²) in [4.78, 5) is 13.9. The second-order valence-electron chi connectivity index (χ2n) is 4.65. The van der Waals surface area contributed by atoms with Gasteiger partial charge in [0.1, 0.15) is 0 Å². The zero-order valence-corrected chi connectivity index (χ0v) is 11.6. The summed E-state index contributed by atoms with van der Waals surface area (Å²) in [5.74, 6) is 0.00255. The van der Waals surface area contributed by atoms with E-state index in [1.54, 1.807) is 19.1 Å². The molecule has 0 aliphatic carbocycles. The Morgan fingerprint density at radius 1 is 1.44 bits per heavy atom. The number of amides is 1. The first-order valence-corrected chi connectivity index (χ1v) is 6.03. The van der Waals surface area contributed by atoms with E-state index in [0.29, 0.717) is 13.2 Å². The van der Waals surface area contributed by atoms with Crippen molar-refractivity contribution in [2.24, 2.45) is 5.73 Å². The molecule has 0 fully saturated rings. The van der Waals surface area contributed by atoms with Crippen molar-refractivity contribution in [2.45, 2.75) is 19.9 Å². The van der Waals surface area contributed by atoms with Gasteiger partial charge >= 0.3 is 0 Å². The molecule has 0 spiro atoms. The van der Waals surface area contributed by atoms with Crippen LogP contribution in [0.5, 0.6) is 0 Å². The van der Waals surface area contributed by atoms with Crippen molar-refractivity contribution in [1.82, 2.24) is 4.90 Å². The average molecular weight is 250 g/mol. The van der Waals surface area contributed by atoms with Crippen LogP contribution in [-0.4, -0.2) is 44.2 Å². The highest BCUT2D eigenvalue weighted by molar-refractivity contribution is 5.95. The number of hydrogen-bond acceptors (Lipinski definition) is 3. The molecule has 0 aliphatic heterocycles. The second-order valence-corrected chi connectivity index (χ2v) is 4.65. The maximum atomic E-state index is 12.3. The van der Waals surface area contributed by atoms with Crippen molar-refractivity contribution in [3.63, 3.8) is 0 Å². The highest BCUT2D eigenvalue weighted by atomic mass is 16.5. The van der Waals surface area contributed by atoms with E-state index in [1.807, 2.05) is 32.0 Å². The fourth-order valence-corrected chi connectivity index (χ4v) is 1.89. The van der Waals surface area contributed by atoms with Gasteiger partial charge in [0.05, 0.1) is 6.61 Å². The molecule has 0 radical (unpaired) electrons. The molecule has 0 aliphatic rings. The minimum atomic E-state index is -0.158. The summed E-state index contributed by atoms with van der Waals surface area (Å²) >= 11 is 0. The van der Waals surface area contributed by atoms with E-state index in [-0.39, 0.29) is 11.9 Å². The first-order valence-electron chi connectivity index (χ1n) is 6.03. The van der Waals surface area contributed by atoms with Crippen LogP contribution in [0.1, 0.15) is 21.5 Å². The van der Waals surface area contributed by atoms with Crippen LogP contribution < -0.4 is 5.73 Å². The van der Waals surface area contributed by atoms with Gasteiger partial charge in [0, 0.05) is 32.3 Å². The number of rotatable bonds is 5. The Bertz CT molecular complexity index is 418. The van der Waals surface area contributed by atoms with Crippen molar-refractivity contribution in [3.8, 4) is 0 Å². The summed E-state index contributed by atoms with van der Waals surface area (Å²) in [6, 6.07) is 5.60. The van der Waals surface area contributed by atoms with E-state index in [9.17, 15) is 4.79 Å². The monoisotopic (exact) mass is 250 g/mol. The van der Waals surface area contributed by atoms with Gasteiger partial charge in [0.2, 0.25) is 0 Å². The van der Waals surface area contributed by atoms with Crippen molar-refractivity contribution in [2.75, 3.05) is 27.3 Å². The lowest BCUT2D eigenvalue weighted by Gasteiger charge is -2.22. The van der Waals surface area contributed by atoms with E-state index >= 15 is 0 Å². The van der Waals surface area contributed by atoms with Gasteiger partial charge in [0.15, 0.2) is 0 Å². The zero-order valence-electron chi connectivity index (χ0n) is 11.6. The van der Waals surface area contributed by atoms with Crippen LogP contribution >= 0.6 is 0 Å². The Morgan fingerprint density at radius 2 is 2.11 bits per heavy atom. The second kappa shape index (κ2) is 6.52. The third-order valence-electron chi connectivity index (χ3n) is 3.07. The minimum absolute atomic E-state index is 0.00255. The molecule has 18 heavy (non-hydrogen) atoms. The number of ether oxygens (including phenoxy) is 1. The predicted octanol–water partition coefficient (Wildman–Crippen LogP) is 1.35. The molecule has 0 saturated carbocycles. The summed E-state index contributed by atoms with van der Waals surface area (Å²) in [6.45, 7) is 4.90. The quantitative estimate of drug-likeness (QED) is 0.858. The van der Waals surface area contributed by atoms with E-state index in [2.05, 4.69) is 0 Å². The number of aryl methyl sites for hydroxylation is 1. The Kier molecular flexibility index (Phi) is 5.31. The van der Waals surface area contributed by atoms with Crippen LogP contribution in [0, 0.1) is 13.8 Å². The molecular formula is C14H22N2O2. The Hall–Kier alpha value is -1.39. The maximum Gasteiger partial charge on any atom is 0.253 e. The maximum absolute atomic E-state index is 12.3. The molecule has 1 rings (SSSR count). The summed E-state index contributed by atoms with van der Waals surface area (Å²) in [5, 5.41) is 0. The Labute approximate surface area is 109 Å². The van der Waals surface area contributed by atoms with E-state index < -0.39 is 0 Å². The number of hydrogen-bond donors (Lipinski definition) is 1. The average Bonchev–Trinajstić information content (AvgIpc) is 2.32. The normalized spacial score (nSPS) is 12.3. The molecule has 1 unspecified atom stereocenters. The van der Waals surface area contributed by atoms with Gasteiger partial charge in [-0.2, -0.15) is 0 Å². The summed E-state index contributed by atoms with van der Waals surface area (Å²) in [7, 11) is 3.37. The topological polar surface area (TPSA) is 55.6 Å². The molecule has 4 heteroatoms. The predicted molar refractivity (Wildman–Crippen MR) is 72.7 cm³/mol. The molecule has 0 saturated heterocycles. The zero-order chi connectivity index (χ0) is 13.7. The number of carbonyl (C=O) groups excluding carboxylic acids is 1. The van der Waals surface area contributed by atoms with Gasteiger partial charge in [-0.1, -0.05) is 12.1 Å². The number of carbonyl (C=O) groups is 1. The van der Waals surface area contributed by atoms with Crippen LogP contribution in [0.3, 0.4) is 0 Å². The van der Waals surface area contributed by atoms with Crippen molar-refractivity contribution < 1.29 is 9.53 Å². The summed E-state index contributed by atoms with van der Waals surface area (Å²) < 4.78 is 4.97. The van der Waals surface area contributed by atoms with Crippen LogP contribution in [-0.2, 0) is 4.74 Å². The van der Waals surface area contributed by atoms with Crippen LogP contribution in [0.15, 0.2) is 18.2 Å². The van der Waals surface area contributed by atoms with Crippen LogP contribution in [0.4, 0.5) is 0 Å². The van der Waals surface area contributed by atoms with Crippen molar-refractivity contribution in [3.05, 3.63) is 34.9 Å². The first-order chi connectivity index (χ1) is 8.47. The smallest absolute Gasteiger partial charge is 0.253 e. The molecule has 2 N–H and O–H groups in total. The summed E-state index contributed by atoms with van der Waals surface area (Å²) in [6.07, 6.45) is 0. The number of nitrogens with zero attached hydrogens (tertiary/aromatic N) is 1.